The molecule has 2 atom stereocenters. The smallest absolute Gasteiger partial charge is 0.316 e. The molecule has 1 radical (unpaired) electrons. The number of hydrogen-bond donors (Lipinski definition) is 2. The summed E-state index contributed by atoms with van der Waals surface area (Å²) in [7, 11) is 0. The third kappa shape index (κ3) is 8.46. The third-order valence-electron chi connectivity index (χ3n) is 0.791. The van der Waals surface area contributed by atoms with Gasteiger partial charge in [0.15, 0.2) is 0 Å². The van der Waals surface area contributed by atoms with Crippen molar-refractivity contribution in [3.8, 4) is 0 Å². The van der Waals surface area contributed by atoms with Crippen LogP contribution in [0.5, 0.6) is 0 Å². The molecule has 0 bridgehead atoms. The van der Waals surface area contributed by atoms with Crippen molar-refractivity contribution >= 4 is 24.6 Å². The van der Waals surface area contributed by atoms with Crippen LogP contribution in [0.1, 0.15) is 13.8 Å². The Morgan fingerprint density at radius 2 is 1.36 bits per heavy atom. The summed E-state index contributed by atoms with van der Waals surface area (Å²) in [6.45, 7) is -5.13. The first-order valence-corrected chi connectivity index (χ1v) is 8.67. The largest absolute Gasteiger partial charge is 0.397 e. The van der Waals surface area contributed by atoms with Gasteiger partial charge in [-0.15, -0.1) is 0 Å². The van der Waals surface area contributed by atoms with E-state index in [4.69, 9.17) is 9.79 Å². The molecule has 0 saturated heterocycles. The molecule has 0 aliphatic rings. The number of hydrogen-bond acceptors (Lipinski definition) is 5. The molecular formula is C4H12CoO6P2S. The van der Waals surface area contributed by atoms with Crippen molar-refractivity contribution in [2.75, 3.05) is 13.2 Å². The molecular weight excluding hydrogens is 297 g/mol. The summed E-state index contributed by atoms with van der Waals surface area (Å²) in [5, 5.41) is 0. The van der Waals surface area contributed by atoms with Crippen LogP contribution in [0.4, 0.5) is 0 Å². The van der Waals surface area contributed by atoms with Gasteiger partial charge in [0, 0.05) is 16.8 Å². The molecule has 2 N–H and O–H groups in total. The predicted octanol–water partition coefficient (Wildman–Crippen LogP) is 1.99. The summed E-state index contributed by atoms with van der Waals surface area (Å²) >= 11 is -0.0689. The molecule has 89 valence electrons. The van der Waals surface area contributed by atoms with E-state index in [0.29, 0.717) is 0 Å². The Hall–Kier alpha value is 1.16. The van der Waals surface area contributed by atoms with Gasteiger partial charge in [-0.3, -0.25) is 0 Å². The van der Waals surface area contributed by atoms with Crippen LogP contribution in [0.25, 0.3) is 0 Å². The minimum Gasteiger partial charge on any atom is -0.316 e. The molecule has 0 amide bonds. The van der Waals surface area contributed by atoms with Crippen molar-refractivity contribution in [3.63, 3.8) is 0 Å². The fourth-order valence-corrected chi connectivity index (χ4v) is 6.40. The van der Waals surface area contributed by atoms with Gasteiger partial charge in [-0.2, -0.15) is 0 Å². The topological polar surface area (TPSA) is 93.1 Å². The van der Waals surface area contributed by atoms with Crippen molar-refractivity contribution < 1.29 is 44.7 Å². The van der Waals surface area contributed by atoms with Crippen molar-refractivity contribution in [2.24, 2.45) is 0 Å². The van der Waals surface area contributed by atoms with E-state index in [0.717, 1.165) is 0 Å². The minimum atomic E-state index is -4.07. The molecule has 14 heavy (non-hydrogen) atoms. The van der Waals surface area contributed by atoms with Crippen LogP contribution in [0.3, 0.4) is 0 Å². The van der Waals surface area contributed by atoms with Gasteiger partial charge in [-0.1, -0.05) is 0 Å². The Bertz CT molecular complexity index is 224. The molecule has 6 nitrogen and oxygen atoms in total. The average Bonchev–Trinajstić information content (AvgIpc) is 1.82. The summed E-state index contributed by atoms with van der Waals surface area (Å²) in [5.41, 5.74) is 0. The van der Waals surface area contributed by atoms with Crippen LogP contribution in [-0.2, 0) is 35.0 Å². The van der Waals surface area contributed by atoms with Crippen LogP contribution >= 0.6 is 24.6 Å². The summed E-state index contributed by atoms with van der Waals surface area (Å²) in [5.74, 6) is 0. The second-order valence-corrected chi connectivity index (χ2v) is 9.14. The zero-order chi connectivity index (χ0) is 10.5. The maximum absolute atomic E-state index is 11.0. The fraction of sp³-hybridized carbons (Fsp3) is 1.00. The van der Waals surface area contributed by atoms with Crippen LogP contribution in [0.2, 0.25) is 0 Å². The van der Waals surface area contributed by atoms with E-state index in [9.17, 15) is 9.13 Å². The summed E-state index contributed by atoms with van der Waals surface area (Å²) in [4.78, 5) is 17.9. The van der Waals surface area contributed by atoms with Crippen LogP contribution in [0, 0.1) is 0 Å². The second kappa shape index (κ2) is 7.43. The standard InChI is InChI=1S/C4H12O6P2S.Co/c1-3-9-11(5,6)13-12(7,8)10-4-2;/h3-4H2,1-2H3,(H,5,6)(H,7,8);. The van der Waals surface area contributed by atoms with E-state index in [1.54, 1.807) is 0 Å². The monoisotopic (exact) mass is 309 g/mol. The van der Waals surface area contributed by atoms with Crippen LogP contribution in [0.15, 0.2) is 0 Å². The first-order valence-electron chi connectivity index (χ1n) is 3.49. The summed E-state index contributed by atoms with van der Waals surface area (Å²) in [6, 6.07) is 0. The molecule has 0 saturated carbocycles. The van der Waals surface area contributed by atoms with Gasteiger partial charge in [0.2, 0.25) is 0 Å². The Morgan fingerprint density at radius 3 is 1.57 bits per heavy atom. The van der Waals surface area contributed by atoms with Crippen molar-refractivity contribution in [1.82, 2.24) is 0 Å². The van der Waals surface area contributed by atoms with Gasteiger partial charge in [0.25, 0.3) is 0 Å². The Kier molecular flexibility index (Phi) is 9.32. The van der Waals surface area contributed by atoms with Gasteiger partial charge in [-0.05, 0) is 13.8 Å². The minimum absolute atomic E-state index is 0. The number of rotatable bonds is 6. The fourth-order valence-electron chi connectivity index (χ4n) is 0.504. The van der Waals surface area contributed by atoms with Gasteiger partial charge in [0.1, 0.15) is 0 Å². The Labute approximate surface area is 96.5 Å². The van der Waals surface area contributed by atoms with Gasteiger partial charge in [0.05, 0.1) is 24.2 Å². The maximum Gasteiger partial charge on any atom is 0.397 e. The summed E-state index contributed by atoms with van der Waals surface area (Å²) in [6.07, 6.45) is 0. The zero-order valence-electron chi connectivity index (χ0n) is 7.58. The predicted molar refractivity (Wildman–Crippen MR) is 50.5 cm³/mol. The first-order chi connectivity index (χ1) is 5.83. The quantitative estimate of drug-likeness (QED) is 0.725. The van der Waals surface area contributed by atoms with E-state index in [2.05, 4.69) is 9.05 Å². The SMILES string of the molecule is CCOP(=O)(O)SP(=O)(O)OCC.[Co]. The zero-order valence-corrected chi connectivity index (χ0v) is 11.2. The maximum atomic E-state index is 11.0. The molecule has 0 aliphatic carbocycles. The van der Waals surface area contributed by atoms with Gasteiger partial charge < -0.3 is 18.8 Å². The molecule has 0 heterocycles. The average molecular weight is 309 g/mol. The van der Waals surface area contributed by atoms with Crippen molar-refractivity contribution in [2.45, 2.75) is 13.8 Å². The molecule has 0 aromatic carbocycles. The third-order valence-corrected chi connectivity index (χ3v) is 7.96. The molecule has 0 aromatic rings. The van der Waals surface area contributed by atoms with Crippen LogP contribution < -0.4 is 0 Å². The second-order valence-electron chi connectivity index (χ2n) is 1.85. The van der Waals surface area contributed by atoms with E-state index in [-0.39, 0.29) is 41.0 Å². The first kappa shape index (κ1) is 17.5. The van der Waals surface area contributed by atoms with E-state index >= 15 is 0 Å². The van der Waals surface area contributed by atoms with Gasteiger partial charge >= 0.3 is 13.6 Å². The molecule has 10 heteroatoms. The molecule has 0 aromatic heterocycles. The van der Waals surface area contributed by atoms with E-state index in [1.807, 2.05) is 0 Å². The molecule has 0 spiro atoms. The molecule has 2 unspecified atom stereocenters. The van der Waals surface area contributed by atoms with E-state index in [1.165, 1.54) is 13.8 Å². The van der Waals surface area contributed by atoms with Crippen molar-refractivity contribution in [3.05, 3.63) is 0 Å². The normalized spacial score (nSPS) is 19.1. The molecule has 0 rings (SSSR count). The van der Waals surface area contributed by atoms with Crippen molar-refractivity contribution in [1.29, 1.82) is 0 Å². The van der Waals surface area contributed by atoms with Gasteiger partial charge in [-0.25, -0.2) is 9.13 Å². The molecule has 0 aliphatic heterocycles. The summed E-state index contributed by atoms with van der Waals surface area (Å²) < 4.78 is 30.7. The van der Waals surface area contributed by atoms with Crippen LogP contribution in [-0.4, -0.2) is 23.0 Å². The van der Waals surface area contributed by atoms with E-state index < -0.39 is 13.6 Å². The Balaban J connectivity index is 0. The molecule has 0 fully saturated rings. The Morgan fingerprint density at radius 1 is 1.07 bits per heavy atom.